The van der Waals surface area contributed by atoms with E-state index in [9.17, 15) is 18.7 Å². The number of rotatable bonds is 8. The molecule has 2 aromatic heterocycles. The summed E-state index contributed by atoms with van der Waals surface area (Å²) >= 11 is 0. The van der Waals surface area contributed by atoms with Crippen LogP contribution in [-0.4, -0.2) is 26.9 Å². The highest BCUT2D eigenvalue weighted by molar-refractivity contribution is 5.96. The van der Waals surface area contributed by atoms with Crippen LogP contribution in [0.5, 0.6) is 5.75 Å². The van der Waals surface area contributed by atoms with Crippen molar-refractivity contribution in [1.82, 2.24) is 9.38 Å². The molecule has 0 radical (unpaired) electrons. The van der Waals surface area contributed by atoms with Crippen molar-refractivity contribution < 1.29 is 23.4 Å². The fourth-order valence-corrected chi connectivity index (χ4v) is 3.12. The first-order valence-corrected chi connectivity index (χ1v) is 9.13. The van der Waals surface area contributed by atoms with E-state index in [1.165, 1.54) is 12.1 Å². The number of aryl methyl sites for hydroxylation is 1. The highest BCUT2D eigenvalue weighted by Gasteiger charge is 2.21. The molecular weight excluding hydrogens is 366 g/mol. The number of Topliss-reactive ketones (excluding diaryl/α,β-unsaturated/α-hetero) is 1. The van der Waals surface area contributed by atoms with Gasteiger partial charge in [-0.15, -0.1) is 0 Å². The van der Waals surface area contributed by atoms with Crippen molar-refractivity contribution in [2.24, 2.45) is 5.92 Å². The second-order valence-corrected chi connectivity index (χ2v) is 6.70. The second kappa shape index (κ2) is 8.48. The number of pyridine rings is 1. The molecule has 28 heavy (non-hydrogen) atoms. The van der Waals surface area contributed by atoms with E-state index in [2.05, 4.69) is 4.98 Å². The molecule has 0 aliphatic rings. The van der Waals surface area contributed by atoms with E-state index >= 15 is 0 Å². The smallest absolute Gasteiger partial charge is 0.181 e. The highest BCUT2D eigenvalue weighted by Crippen LogP contribution is 2.25. The maximum absolute atomic E-state index is 13.8. The molecule has 1 atom stereocenters. The lowest BCUT2D eigenvalue weighted by molar-refractivity contribution is 0.0927. The molecule has 148 valence electrons. The highest BCUT2D eigenvalue weighted by atomic mass is 19.2. The summed E-state index contributed by atoms with van der Waals surface area (Å²) in [4.78, 5) is 17.2. The molecule has 5 nitrogen and oxygen atoms in total. The molecule has 0 bridgehead atoms. The Balaban J connectivity index is 1.89. The standard InChI is InChI=1S/C21H22F2N2O3/c1-3-14(11-26)10-17(27)20-13(2)24-21-18(8-5-9-25(20)21)28-12-15-6-4-7-16(22)19(15)23/h4-9,14,26H,3,10-12H2,1-2H3/t14-/m0/s1. The number of nitrogens with zero attached hydrogens (tertiary/aromatic N) is 2. The molecule has 7 heteroatoms. The molecule has 0 spiro atoms. The number of imidazole rings is 1. The van der Waals surface area contributed by atoms with Crippen molar-refractivity contribution >= 4 is 11.4 Å². The summed E-state index contributed by atoms with van der Waals surface area (Å²) in [6.07, 6.45) is 2.63. The fraction of sp³-hybridized carbons (Fsp3) is 0.333. The molecule has 2 heterocycles. The number of aliphatic hydroxyl groups excluding tert-OH is 1. The van der Waals surface area contributed by atoms with Crippen LogP contribution in [0.15, 0.2) is 36.5 Å². The lowest BCUT2D eigenvalue weighted by Gasteiger charge is -2.11. The predicted molar refractivity (Wildman–Crippen MR) is 100 cm³/mol. The fourth-order valence-electron chi connectivity index (χ4n) is 3.12. The van der Waals surface area contributed by atoms with Crippen LogP contribution in [0.4, 0.5) is 8.78 Å². The molecule has 0 amide bonds. The van der Waals surface area contributed by atoms with Crippen LogP contribution in [0.25, 0.3) is 5.65 Å². The summed E-state index contributed by atoms with van der Waals surface area (Å²) < 4.78 is 34.5. The number of benzene rings is 1. The van der Waals surface area contributed by atoms with Gasteiger partial charge >= 0.3 is 0 Å². The Bertz CT molecular complexity index is 997. The van der Waals surface area contributed by atoms with E-state index in [-0.39, 0.29) is 36.9 Å². The first kappa shape index (κ1) is 19.9. The monoisotopic (exact) mass is 388 g/mol. The number of carbonyl (C=O) groups is 1. The zero-order valence-corrected chi connectivity index (χ0v) is 15.8. The topological polar surface area (TPSA) is 63.8 Å². The Labute approximate surface area is 161 Å². The van der Waals surface area contributed by atoms with E-state index in [1.54, 1.807) is 29.7 Å². The molecule has 0 aliphatic heterocycles. The molecule has 0 saturated heterocycles. The van der Waals surface area contributed by atoms with Crippen molar-refractivity contribution in [3.63, 3.8) is 0 Å². The van der Waals surface area contributed by atoms with Gasteiger partial charge in [0, 0.05) is 24.8 Å². The van der Waals surface area contributed by atoms with E-state index in [0.717, 1.165) is 6.07 Å². The largest absolute Gasteiger partial charge is 0.485 e. The minimum atomic E-state index is -0.945. The Hall–Kier alpha value is -2.80. The van der Waals surface area contributed by atoms with Crippen LogP contribution in [-0.2, 0) is 6.61 Å². The van der Waals surface area contributed by atoms with Gasteiger partial charge < -0.3 is 9.84 Å². The number of ether oxygens (including phenoxy) is 1. The number of aliphatic hydroxyl groups is 1. The van der Waals surface area contributed by atoms with E-state index in [0.29, 0.717) is 29.2 Å². The average molecular weight is 388 g/mol. The lowest BCUT2D eigenvalue weighted by Crippen LogP contribution is -2.14. The number of carbonyl (C=O) groups excluding carboxylic acids is 1. The van der Waals surface area contributed by atoms with Crippen LogP contribution in [0, 0.1) is 24.5 Å². The SMILES string of the molecule is CC[C@H](CO)CC(=O)c1c(C)nc2c(OCc3cccc(F)c3F)cccn12. The molecule has 0 aliphatic carbocycles. The third kappa shape index (κ3) is 3.89. The van der Waals surface area contributed by atoms with Gasteiger partial charge in [-0.2, -0.15) is 0 Å². The third-order valence-corrected chi connectivity index (χ3v) is 4.78. The van der Waals surface area contributed by atoms with E-state index < -0.39 is 11.6 Å². The van der Waals surface area contributed by atoms with Crippen molar-refractivity contribution in [3.8, 4) is 5.75 Å². The van der Waals surface area contributed by atoms with Crippen LogP contribution >= 0.6 is 0 Å². The van der Waals surface area contributed by atoms with Gasteiger partial charge in [0.2, 0.25) is 0 Å². The number of ketones is 1. The predicted octanol–water partition coefficient (Wildman–Crippen LogP) is 4.09. The molecule has 0 fully saturated rings. The Morgan fingerprint density at radius 1 is 1.29 bits per heavy atom. The maximum Gasteiger partial charge on any atom is 0.181 e. The van der Waals surface area contributed by atoms with Gasteiger partial charge in [-0.1, -0.05) is 25.5 Å². The summed E-state index contributed by atoms with van der Waals surface area (Å²) in [7, 11) is 0. The van der Waals surface area contributed by atoms with E-state index in [1.807, 2.05) is 6.92 Å². The number of hydrogen-bond donors (Lipinski definition) is 1. The maximum atomic E-state index is 13.8. The lowest BCUT2D eigenvalue weighted by atomic mass is 9.99. The van der Waals surface area contributed by atoms with Crippen LogP contribution in [0.1, 0.15) is 41.5 Å². The summed E-state index contributed by atoms with van der Waals surface area (Å²) in [5, 5.41) is 9.37. The van der Waals surface area contributed by atoms with Gasteiger partial charge in [-0.25, -0.2) is 13.8 Å². The van der Waals surface area contributed by atoms with Crippen LogP contribution in [0.3, 0.4) is 0 Å². The van der Waals surface area contributed by atoms with Gasteiger partial charge in [-0.05, 0) is 31.0 Å². The molecule has 3 rings (SSSR count). The van der Waals surface area contributed by atoms with Gasteiger partial charge in [-0.3, -0.25) is 9.20 Å². The molecular formula is C21H22F2N2O3. The van der Waals surface area contributed by atoms with Gasteiger partial charge in [0.1, 0.15) is 12.3 Å². The summed E-state index contributed by atoms with van der Waals surface area (Å²) in [5.41, 5.74) is 1.50. The minimum absolute atomic E-state index is 0.0500. The third-order valence-electron chi connectivity index (χ3n) is 4.78. The Kier molecular flexibility index (Phi) is 6.04. The second-order valence-electron chi connectivity index (χ2n) is 6.70. The normalized spacial score (nSPS) is 12.3. The molecule has 1 N–H and O–H groups in total. The summed E-state index contributed by atoms with van der Waals surface area (Å²) in [5.74, 6) is -1.73. The molecule has 0 saturated carbocycles. The van der Waals surface area contributed by atoms with Crippen molar-refractivity contribution in [1.29, 1.82) is 0 Å². The van der Waals surface area contributed by atoms with Gasteiger partial charge in [0.15, 0.2) is 28.8 Å². The van der Waals surface area contributed by atoms with Crippen molar-refractivity contribution in [3.05, 3.63) is 65.1 Å². The number of halogens is 2. The molecule has 1 aromatic carbocycles. The first-order valence-electron chi connectivity index (χ1n) is 9.13. The Morgan fingerprint density at radius 3 is 2.79 bits per heavy atom. The zero-order valence-electron chi connectivity index (χ0n) is 15.8. The molecule has 3 aromatic rings. The number of aromatic nitrogens is 2. The van der Waals surface area contributed by atoms with Crippen molar-refractivity contribution in [2.45, 2.75) is 33.3 Å². The Morgan fingerprint density at radius 2 is 2.07 bits per heavy atom. The van der Waals surface area contributed by atoms with Gasteiger partial charge in [0.25, 0.3) is 0 Å². The first-order chi connectivity index (χ1) is 13.5. The van der Waals surface area contributed by atoms with Gasteiger partial charge in [0.05, 0.1) is 5.69 Å². The minimum Gasteiger partial charge on any atom is -0.485 e. The summed E-state index contributed by atoms with van der Waals surface area (Å²) in [6.45, 7) is 3.44. The number of hydrogen-bond acceptors (Lipinski definition) is 4. The van der Waals surface area contributed by atoms with Crippen LogP contribution in [0.2, 0.25) is 0 Å². The molecule has 0 unspecified atom stereocenters. The van der Waals surface area contributed by atoms with Crippen LogP contribution < -0.4 is 4.74 Å². The summed E-state index contributed by atoms with van der Waals surface area (Å²) in [6, 6.07) is 7.27. The van der Waals surface area contributed by atoms with Crippen molar-refractivity contribution in [2.75, 3.05) is 6.61 Å². The zero-order chi connectivity index (χ0) is 20.3. The quantitative estimate of drug-likeness (QED) is 0.591. The average Bonchev–Trinajstić information content (AvgIpc) is 3.03. The number of fused-ring (bicyclic) bond motifs is 1. The van der Waals surface area contributed by atoms with E-state index in [4.69, 9.17) is 4.74 Å².